The van der Waals surface area contributed by atoms with Crippen molar-refractivity contribution in [1.82, 2.24) is 9.96 Å². The number of piperidine rings is 1. The van der Waals surface area contributed by atoms with Gasteiger partial charge in [0, 0.05) is 24.0 Å². The number of hydroxylamine groups is 2. The maximum Gasteiger partial charge on any atom is 0.344 e. The highest BCUT2D eigenvalue weighted by atomic mass is 16.7. The summed E-state index contributed by atoms with van der Waals surface area (Å²) in [6.07, 6.45) is 3.80. The predicted octanol–water partition coefficient (Wildman–Crippen LogP) is 2.30. The summed E-state index contributed by atoms with van der Waals surface area (Å²) in [7, 11) is 0. The summed E-state index contributed by atoms with van der Waals surface area (Å²) in [4.78, 5) is 22.2. The fourth-order valence-corrected chi connectivity index (χ4v) is 2.50. The lowest BCUT2D eigenvalue weighted by atomic mass is 10.0. The highest BCUT2D eigenvalue weighted by Gasteiger charge is 2.45. The normalized spacial score (nSPS) is 26.4. The molecule has 100 valence electrons. The molecule has 2 aliphatic rings. The molecular weight excluding hydrogens is 234 g/mol. The van der Waals surface area contributed by atoms with Crippen LogP contribution in [0, 0.1) is 0 Å². The van der Waals surface area contributed by atoms with Crippen LogP contribution in [0.5, 0.6) is 0 Å². The van der Waals surface area contributed by atoms with Gasteiger partial charge in [-0.15, -0.1) is 0 Å². The summed E-state index contributed by atoms with van der Waals surface area (Å²) in [6.45, 7) is 3.73. The quantitative estimate of drug-likeness (QED) is 0.315. The van der Waals surface area contributed by atoms with Crippen LogP contribution in [0.25, 0.3) is 10.4 Å². The zero-order valence-corrected chi connectivity index (χ0v) is 10.7. The molecule has 2 heterocycles. The predicted molar refractivity (Wildman–Crippen MR) is 65.6 cm³/mol. The Labute approximate surface area is 106 Å². The third-order valence-corrected chi connectivity index (χ3v) is 3.53. The molecule has 7 heteroatoms. The number of rotatable bonds is 6. The van der Waals surface area contributed by atoms with Crippen molar-refractivity contribution < 1.29 is 9.63 Å². The van der Waals surface area contributed by atoms with Gasteiger partial charge in [-0.05, 0) is 24.8 Å². The topological polar surface area (TPSA) is 81.5 Å². The smallest absolute Gasteiger partial charge is 0.318 e. The van der Waals surface area contributed by atoms with Crippen molar-refractivity contribution in [1.29, 1.82) is 0 Å². The highest BCUT2D eigenvalue weighted by molar-refractivity contribution is 5.76. The maximum atomic E-state index is 12.1. The Bertz CT molecular complexity index is 355. The lowest BCUT2D eigenvalue weighted by molar-refractivity contribution is -0.130. The molecular formula is C11H19N5O2. The number of unbranched alkanes of at least 4 members (excludes halogenated alkanes) is 1. The average molecular weight is 253 g/mol. The largest absolute Gasteiger partial charge is 0.344 e. The number of hydrogen-bond donors (Lipinski definition) is 0. The van der Waals surface area contributed by atoms with Gasteiger partial charge in [0.25, 0.3) is 0 Å². The van der Waals surface area contributed by atoms with E-state index in [1.54, 1.807) is 4.90 Å². The van der Waals surface area contributed by atoms with Crippen LogP contribution in [-0.2, 0) is 4.84 Å². The monoisotopic (exact) mass is 253 g/mol. The van der Waals surface area contributed by atoms with Crippen molar-refractivity contribution in [3.63, 3.8) is 0 Å². The average Bonchev–Trinajstić information content (AvgIpc) is 2.63. The van der Waals surface area contributed by atoms with Crippen LogP contribution in [0.1, 0.15) is 32.6 Å². The van der Waals surface area contributed by atoms with E-state index in [2.05, 4.69) is 16.9 Å². The van der Waals surface area contributed by atoms with Crippen molar-refractivity contribution in [2.24, 2.45) is 5.11 Å². The minimum atomic E-state index is -0.0771. The molecule has 2 aliphatic heterocycles. The number of azide groups is 1. The number of carbonyl (C=O) groups excluding carboxylic acids is 1. The molecule has 2 atom stereocenters. The second kappa shape index (κ2) is 5.93. The van der Waals surface area contributed by atoms with Gasteiger partial charge in [0.1, 0.15) is 0 Å². The first-order chi connectivity index (χ1) is 8.77. The molecule has 2 saturated heterocycles. The van der Waals surface area contributed by atoms with Crippen LogP contribution < -0.4 is 0 Å². The number of urea groups is 1. The molecule has 2 rings (SSSR count). The summed E-state index contributed by atoms with van der Waals surface area (Å²) in [5, 5.41) is 5.09. The van der Waals surface area contributed by atoms with Gasteiger partial charge in [-0.1, -0.05) is 18.5 Å². The van der Waals surface area contributed by atoms with Gasteiger partial charge in [-0.2, -0.15) is 5.06 Å². The van der Waals surface area contributed by atoms with Crippen LogP contribution in [0.3, 0.4) is 0 Å². The van der Waals surface area contributed by atoms with Crippen molar-refractivity contribution in [3.05, 3.63) is 10.4 Å². The van der Waals surface area contributed by atoms with Gasteiger partial charge in [0.2, 0.25) is 0 Å². The highest BCUT2D eigenvalue weighted by Crippen LogP contribution is 2.30. The number of amides is 2. The molecule has 0 spiro atoms. The number of fused-ring (bicyclic) bond motifs is 2. The zero-order valence-electron chi connectivity index (χ0n) is 10.7. The minimum Gasteiger partial charge on any atom is -0.318 e. The Hall–Kier alpha value is -1.46. The van der Waals surface area contributed by atoms with Crippen LogP contribution in [-0.4, -0.2) is 47.8 Å². The van der Waals surface area contributed by atoms with Crippen molar-refractivity contribution in [3.8, 4) is 0 Å². The zero-order chi connectivity index (χ0) is 13.0. The van der Waals surface area contributed by atoms with E-state index in [0.717, 1.165) is 25.7 Å². The Balaban J connectivity index is 1.94. The lowest BCUT2D eigenvalue weighted by Gasteiger charge is -2.29. The van der Waals surface area contributed by atoms with E-state index in [9.17, 15) is 4.79 Å². The molecule has 0 aromatic heterocycles. The molecule has 2 amide bonds. The first kappa shape index (κ1) is 13.0. The second-order valence-electron chi connectivity index (χ2n) is 4.75. The standard InChI is InChI=1S/C11H19N5O2/c1-2-3-6-18-16-10-5-4-9(7-13-14-12)15(8-10)11(16)17/h9-10H,2-8H2,1H3/t9-,10+/m0/s1. The third kappa shape index (κ3) is 2.52. The van der Waals surface area contributed by atoms with Gasteiger partial charge in [0.05, 0.1) is 12.6 Å². The van der Waals surface area contributed by atoms with Crippen LogP contribution in [0.4, 0.5) is 4.79 Å². The molecule has 2 bridgehead atoms. The van der Waals surface area contributed by atoms with Crippen molar-refractivity contribution in [2.75, 3.05) is 19.7 Å². The lowest BCUT2D eigenvalue weighted by Crippen LogP contribution is -2.41. The second-order valence-corrected chi connectivity index (χ2v) is 4.75. The molecule has 18 heavy (non-hydrogen) atoms. The Morgan fingerprint density at radius 3 is 3.11 bits per heavy atom. The summed E-state index contributed by atoms with van der Waals surface area (Å²) >= 11 is 0. The first-order valence-electron chi connectivity index (χ1n) is 6.51. The Kier molecular flexibility index (Phi) is 4.28. The Morgan fingerprint density at radius 1 is 1.56 bits per heavy atom. The fraction of sp³-hybridized carbons (Fsp3) is 0.909. The van der Waals surface area contributed by atoms with E-state index >= 15 is 0 Å². The van der Waals surface area contributed by atoms with Gasteiger partial charge in [-0.3, -0.25) is 4.84 Å². The fourth-order valence-electron chi connectivity index (χ4n) is 2.50. The summed E-state index contributed by atoms with van der Waals surface area (Å²) in [6, 6.07) is 0.118. The summed E-state index contributed by atoms with van der Waals surface area (Å²) in [5.41, 5.74) is 8.35. The van der Waals surface area contributed by atoms with Crippen LogP contribution in [0.15, 0.2) is 5.11 Å². The van der Waals surface area contributed by atoms with E-state index in [1.165, 1.54) is 5.06 Å². The molecule has 2 fully saturated rings. The van der Waals surface area contributed by atoms with E-state index in [0.29, 0.717) is 19.7 Å². The van der Waals surface area contributed by atoms with Crippen LogP contribution >= 0.6 is 0 Å². The SMILES string of the molecule is CCCCON1C(=O)N2C[C@H]1CC[C@H]2CN=[N+]=[N-]. The third-order valence-electron chi connectivity index (χ3n) is 3.53. The molecule has 0 saturated carbocycles. The minimum absolute atomic E-state index is 0.0319. The molecule has 0 radical (unpaired) electrons. The van der Waals surface area contributed by atoms with Crippen LogP contribution in [0.2, 0.25) is 0 Å². The van der Waals surface area contributed by atoms with E-state index in [1.807, 2.05) is 0 Å². The summed E-state index contributed by atoms with van der Waals surface area (Å²) in [5.74, 6) is 0. The first-order valence-corrected chi connectivity index (χ1v) is 6.51. The summed E-state index contributed by atoms with van der Waals surface area (Å²) < 4.78 is 0. The van der Waals surface area contributed by atoms with Crippen molar-refractivity contribution in [2.45, 2.75) is 44.7 Å². The maximum absolute atomic E-state index is 12.1. The van der Waals surface area contributed by atoms with Gasteiger partial charge in [-0.25, -0.2) is 4.79 Å². The van der Waals surface area contributed by atoms with Crippen molar-refractivity contribution >= 4 is 6.03 Å². The number of nitrogens with zero attached hydrogens (tertiary/aromatic N) is 5. The van der Waals surface area contributed by atoms with Gasteiger partial charge in [0.15, 0.2) is 0 Å². The van der Waals surface area contributed by atoms with E-state index < -0.39 is 0 Å². The molecule has 0 aliphatic carbocycles. The van der Waals surface area contributed by atoms with E-state index in [4.69, 9.17) is 10.4 Å². The molecule has 0 unspecified atom stereocenters. The van der Waals surface area contributed by atoms with E-state index in [-0.39, 0.29) is 18.1 Å². The number of hydrogen-bond acceptors (Lipinski definition) is 3. The molecule has 0 aromatic rings. The van der Waals surface area contributed by atoms with Gasteiger partial charge < -0.3 is 4.90 Å². The molecule has 0 N–H and O–H groups in total. The Morgan fingerprint density at radius 2 is 2.39 bits per heavy atom. The molecule has 7 nitrogen and oxygen atoms in total. The molecule has 0 aromatic carbocycles. The number of carbonyl (C=O) groups is 1. The van der Waals surface area contributed by atoms with Gasteiger partial charge >= 0.3 is 6.03 Å².